The molecule has 1 aromatic heterocycles. The molecule has 4 aromatic carbocycles. The molecule has 0 aliphatic heterocycles. The van der Waals surface area contributed by atoms with Gasteiger partial charge in [0.1, 0.15) is 5.71 Å². The van der Waals surface area contributed by atoms with Crippen molar-refractivity contribution >= 4 is 68.4 Å². The Morgan fingerprint density at radius 3 is 2.15 bits per heavy atom. The van der Waals surface area contributed by atoms with Gasteiger partial charge in [-0.25, -0.2) is 4.79 Å². The third kappa shape index (κ3) is 5.97. The number of rotatable bonds is 9. The first-order valence-electron chi connectivity index (χ1n) is 13.1. The number of halogens is 1. The molecule has 0 N–H and O–H groups in total. The fraction of sp³-hybridized carbons (Fsp3) is 0.152. The zero-order valence-electron chi connectivity index (χ0n) is 22.8. The molecule has 0 aliphatic carbocycles. The monoisotopic (exact) mass is 582 g/mol. The van der Waals surface area contributed by atoms with Crippen LogP contribution in [0.1, 0.15) is 45.7 Å². The number of fused-ring (bicyclic) bond motifs is 3. The second kappa shape index (κ2) is 12.1. The molecule has 0 fully saturated rings. The average Bonchev–Trinajstić information content (AvgIpc) is 3.29. The highest BCUT2D eigenvalue weighted by atomic mass is 35.5. The molecule has 0 unspecified atom stereocenters. The van der Waals surface area contributed by atoms with Crippen LogP contribution in [-0.2, 0) is 16.2 Å². The van der Waals surface area contributed by atoms with E-state index < -0.39 is 5.97 Å². The van der Waals surface area contributed by atoms with Gasteiger partial charge in [-0.3, -0.25) is 9.59 Å². The number of benzene rings is 4. The number of aromatic nitrogens is 1. The molecule has 0 saturated carbocycles. The summed E-state index contributed by atoms with van der Waals surface area (Å²) in [6.45, 7) is 5.93. The molecule has 8 heteroatoms. The van der Waals surface area contributed by atoms with Crippen LogP contribution in [0, 0.1) is 6.92 Å². The van der Waals surface area contributed by atoms with Crippen molar-refractivity contribution in [1.29, 1.82) is 0 Å². The summed E-state index contributed by atoms with van der Waals surface area (Å²) >= 11 is 7.38. The Bertz CT molecular complexity index is 1840. The SMILES string of the molecule is CCn1c2ccc(C(=O)C(CSc3ccc(Cl)cc3)=NOC(C)=O)cc2c2cc(C(=O)c3ccccc3C)ccc21. The molecule has 0 spiro atoms. The van der Waals surface area contributed by atoms with Gasteiger partial charge >= 0.3 is 5.97 Å². The van der Waals surface area contributed by atoms with Gasteiger partial charge in [0, 0.05) is 67.6 Å². The van der Waals surface area contributed by atoms with Crippen molar-refractivity contribution in [3.8, 4) is 0 Å². The number of thioether (sulfide) groups is 1. The van der Waals surface area contributed by atoms with Crippen molar-refractivity contribution in [2.45, 2.75) is 32.2 Å². The maximum absolute atomic E-state index is 13.7. The number of aryl methyl sites for hydroxylation is 2. The summed E-state index contributed by atoms with van der Waals surface area (Å²) in [5, 5.41) is 6.24. The molecule has 6 nitrogen and oxygen atoms in total. The number of hydrogen-bond donors (Lipinski definition) is 0. The Balaban J connectivity index is 1.55. The molecule has 0 radical (unpaired) electrons. The summed E-state index contributed by atoms with van der Waals surface area (Å²) in [6, 6.07) is 26.0. The number of hydrogen-bond acceptors (Lipinski definition) is 6. The minimum absolute atomic E-state index is 0.0512. The summed E-state index contributed by atoms with van der Waals surface area (Å²) < 4.78 is 2.16. The second-order valence-electron chi connectivity index (χ2n) is 9.54. The van der Waals surface area contributed by atoms with E-state index in [0.29, 0.717) is 21.7 Å². The molecular weight excluding hydrogens is 556 g/mol. The second-order valence-corrected chi connectivity index (χ2v) is 11.0. The molecule has 0 atom stereocenters. The maximum Gasteiger partial charge on any atom is 0.331 e. The summed E-state index contributed by atoms with van der Waals surface area (Å²) in [5.74, 6) is -0.819. The van der Waals surface area contributed by atoms with E-state index in [4.69, 9.17) is 16.4 Å². The largest absolute Gasteiger partial charge is 0.341 e. The molecule has 41 heavy (non-hydrogen) atoms. The smallest absolute Gasteiger partial charge is 0.331 e. The summed E-state index contributed by atoms with van der Waals surface area (Å²) in [7, 11) is 0. The van der Waals surface area contributed by atoms with E-state index >= 15 is 0 Å². The van der Waals surface area contributed by atoms with Gasteiger partial charge in [-0.1, -0.05) is 41.0 Å². The van der Waals surface area contributed by atoms with Crippen molar-refractivity contribution in [1.82, 2.24) is 4.57 Å². The van der Waals surface area contributed by atoms with Crippen molar-refractivity contribution < 1.29 is 19.2 Å². The van der Waals surface area contributed by atoms with Crippen LogP contribution in [0.5, 0.6) is 0 Å². The Morgan fingerprint density at radius 2 is 1.51 bits per heavy atom. The van der Waals surface area contributed by atoms with Gasteiger partial charge < -0.3 is 9.40 Å². The normalized spacial score (nSPS) is 11.7. The van der Waals surface area contributed by atoms with Crippen LogP contribution in [0.4, 0.5) is 0 Å². The van der Waals surface area contributed by atoms with Crippen molar-refractivity contribution in [2.24, 2.45) is 5.16 Å². The fourth-order valence-electron chi connectivity index (χ4n) is 4.81. The van der Waals surface area contributed by atoms with Gasteiger partial charge in [0.15, 0.2) is 5.78 Å². The van der Waals surface area contributed by atoms with E-state index in [9.17, 15) is 14.4 Å². The number of ketones is 2. The zero-order chi connectivity index (χ0) is 29.1. The minimum atomic E-state index is -0.612. The molecular formula is C33H27ClN2O4S. The summed E-state index contributed by atoms with van der Waals surface area (Å²) in [6.07, 6.45) is 0. The topological polar surface area (TPSA) is 77.7 Å². The van der Waals surface area contributed by atoms with Crippen LogP contribution < -0.4 is 0 Å². The predicted octanol–water partition coefficient (Wildman–Crippen LogP) is 7.90. The van der Waals surface area contributed by atoms with Crippen LogP contribution in [0.15, 0.2) is 95.0 Å². The summed E-state index contributed by atoms with van der Waals surface area (Å²) in [5.41, 5.74) is 4.59. The fourth-order valence-corrected chi connectivity index (χ4v) is 5.75. The summed E-state index contributed by atoms with van der Waals surface area (Å²) in [4.78, 5) is 44.3. The van der Waals surface area contributed by atoms with Crippen LogP contribution >= 0.6 is 23.4 Å². The third-order valence-electron chi connectivity index (χ3n) is 6.83. The lowest BCUT2D eigenvalue weighted by atomic mass is 9.97. The van der Waals surface area contributed by atoms with Gasteiger partial charge in [0.2, 0.25) is 5.78 Å². The Hall–Kier alpha value is -4.20. The lowest BCUT2D eigenvalue weighted by Crippen LogP contribution is -2.18. The van der Waals surface area contributed by atoms with Crippen LogP contribution in [0.2, 0.25) is 5.02 Å². The highest BCUT2D eigenvalue weighted by molar-refractivity contribution is 8.00. The van der Waals surface area contributed by atoms with Crippen molar-refractivity contribution in [3.63, 3.8) is 0 Å². The van der Waals surface area contributed by atoms with E-state index in [0.717, 1.165) is 38.8 Å². The zero-order valence-corrected chi connectivity index (χ0v) is 24.4. The molecule has 0 bridgehead atoms. The number of carbonyl (C=O) groups is 3. The molecule has 0 aliphatic rings. The predicted molar refractivity (Wildman–Crippen MR) is 165 cm³/mol. The van der Waals surface area contributed by atoms with Gasteiger partial charge in [-0.2, -0.15) is 0 Å². The van der Waals surface area contributed by atoms with Crippen LogP contribution in [0.3, 0.4) is 0 Å². The van der Waals surface area contributed by atoms with Gasteiger partial charge in [0.05, 0.1) is 0 Å². The lowest BCUT2D eigenvalue weighted by molar-refractivity contribution is -0.140. The quantitative estimate of drug-likeness (QED) is 0.0580. The number of nitrogens with zero attached hydrogens (tertiary/aromatic N) is 2. The molecule has 5 rings (SSSR count). The first-order chi connectivity index (χ1) is 19.8. The van der Waals surface area contributed by atoms with E-state index in [-0.39, 0.29) is 23.0 Å². The molecule has 0 amide bonds. The molecule has 0 saturated heterocycles. The average molecular weight is 583 g/mol. The standard InChI is InChI=1S/C33H27ClN2O4S/c1-4-36-30-15-9-22(32(38)26-8-6-5-7-20(26)2)17-27(30)28-18-23(10-16-31(28)36)33(39)29(35-40-21(3)37)19-41-25-13-11-24(34)12-14-25/h5-18H,4,19H2,1-3H3. The van der Waals surface area contributed by atoms with Crippen LogP contribution in [0.25, 0.3) is 21.8 Å². The van der Waals surface area contributed by atoms with Gasteiger partial charge in [-0.05, 0) is 80.1 Å². The minimum Gasteiger partial charge on any atom is -0.341 e. The lowest BCUT2D eigenvalue weighted by Gasteiger charge is -2.07. The number of carbonyl (C=O) groups excluding carboxylic acids is 3. The first-order valence-corrected chi connectivity index (χ1v) is 14.5. The molecule has 5 aromatic rings. The van der Waals surface area contributed by atoms with Gasteiger partial charge in [-0.15, -0.1) is 11.8 Å². The van der Waals surface area contributed by atoms with Gasteiger partial charge in [0.25, 0.3) is 0 Å². The molecule has 1 heterocycles. The molecule has 206 valence electrons. The Kier molecular flexibility index (Phi) is 8.38. The highest BCUT2D eigenvalue weighted by Gasteiger charge is 2.20. The van der Waals surface area contributed by atoms with E-state index in [1.165, 1.54) is 18.7 Å². The number of Topliss-reactive ketones (excluding diaryl/α,β-unsaturated/α-hetero) is 1. The Labute approximate surface area is 246 Å². The first kappa shape index (κ1) is 28.3. The number of oxime groups is 1. The van der Waals surface area contributed by atoms with E-state index in [1.807, 2.05) is 73.7 Å². The van der Waals surface area contributed by atoms with Crippen molar-refractivity contribution in [3.05, 3.63) is 112 Å². The highest BCUT2D eigenvalue weighted by Crippen LogP contribution is 2.32. The van der Waals surface area contributed by atoms with Crippen LogP contribution in [-0.4, -0.2) is 33.6 Å². The Morgan fingerprint density at radius 1 is 0.878 bits per heavy atom. The maximum atomic E-state index is 13.7. The van der Waals surface area contributed by atoms with E-state index in [1.54, 1.807) is 18.2 Å². The third-order valence-corrected chi connectivity index (χ3v) is 8.11. The van der Waals surface area contributed by atoms with Crippen molar-refractivity contribution in [2.75, 3.05) is 5.75 Å². The van der Waals surface area contributed by atoms with E-state index in [2.05, 4.69) is 16.6 Å².